The molecule has 13 heavy (non-hydrogen) atoms. The molecule has 0 aliphatic heterocycles. The third kappa shape index (κ3) is 1.58. The normalized spacial score (nSPS) is 10.5. The van der Waals surface area contributed by atoms with Crippen molar-refractivity contribution in [1.29, 1.82) is 0 Å². The molecule has 0 aromatic carbocycles. The van der Waals surface area contributed by atoms with Gasteiger partial charge in [0, 0.05) is 0 Å². The fourth-order valence-electron chi connectivity index (χ4n) is 0.921. The molecule has 0 bridgehead atoms. The molecule has 2 aromatic heterocycles. The Kier molecular flexibility index (Phi) is 2.08. The van der Waals surface area contributed by atoms with Crippen LogP contribution in [0.1, 0.15) is 13.3 Å². The largest absolute Gasteiger partial charge is 0.450 e. The Morgan fingerprint density at radius 3 is 3.23 bits per heavy atom. The van der Waals surface area contributed by atoms with E-state index < -0.39 is 0 Å². The lowest BCUT2D eigenvalue weighted by Crippen LogP contribution is -1.94. The number of hydrogen-bond acceptors (Lipinski definition) is 5. The number of fused-ring (bicyclic) bond motifs is 1. The summed E-state index contributed by atoms with van der Waals surface area (Å²) >= 11 is 0. The minimum Gasteiger partial charge on any atom is -0.450 e. The minimum atomic E-state index is 0.261. The first-order valence-corrected chi connectivity index (χ1v) is 4.09. The SMILES string of the molecule is CCCOc1nc2cncnc2o1. The second-order valence-corrected chi connectivity index (χ2v) is 2.54. The summed E-state index contributed by atoms with van der Waals surface area (Å²) in [5, 5.41) is 0. The van der Waals surface area contributed by atoms with Gasteiger partial charge in [-0.2, -0.15) is 9.97 Å². The lowest BCUT2D eigenvalue weighted by molar-refractivity contribution is 0.236. The molecule has 0 radical (unpaired) electrons. The molecule has 5 heteroatoms. The molecule has 0 amide bonds. The summed E-state index contributed by atoms with van der Waals surface area (Å²) < 4.78 is 10.4. The summed E-state index contributed by atoms with van der Waals surface area (Å²) in [6.07, 6.45) is 4.18. The highest BCUT2D eigenvalue weighted by Gasteiger charge is 2.06. The van der Waals surface area contributed by atoms with E-state index in [1.165, 1.54) is 6.33 Å². The molecule has 0 spiro atoms. The molecule has 2 rings (SSSR count). The van der Waals surface area contributed by atoms with Crippen LogP contribution < -0.4 is 4.74 Å². The molecule has 0 saturated carbocycles. The van der Waals surface area contributed by atoms with Crippen molar-refractivity contribution in [1.82, 2.24) is 15.0 Å². The molecular formula is C8H9N3O2. The first-order valence-electron chi connectivity index (χ1n) is 4.09. The fraction of sp³-hybridized carbons (Fsp3) is 0.375. The zero-order valence-corrected chi connectivity index (χ0v) is 7.23. The lowest BCUT2D eigenvalue weighted by Gasteiger charge is -1.94. The molecule has 0 N–H and O–H groups in total. The van der Waals surface area contributed by atoms with E-state index in [0.717, 1.165) is 6.42 Å². The number of ether oxygens (including phenoxy) is 1. The summed E-state index contributed by atoms with van der Waals surface area (Å²) in [5.74, 6) is 0. The van der Waals surface area contributed by atoms with E-state index in [9.17, 15) is 0 Å². The molecule has 0 aliphatic carbocycles. The number of oxazole rings is 1. The van der Waals surface area contributed by atoms with Crippen LogP contribution in [0.2, 0.25) is 0 Å². The average molecular weight is 179 g/mol. The molecule has 0 saturated heterocycles. The van der Waals surface area contributed by atoms with Crippen molar-refractivity contribution in [3.63, 3.8) is 0 Å². The number of hydrogen-bond donors (Lipinski definition) is 0. The van der Waals surface area contributed by atoms with Crippen LogP contribution in [0.3, 0.4) is 0 Å². The second-order valence-electron chi connectivity index (χ2n) is 2.54. The molecule has 2 heterocycles. The molecule has 68 valence electrons. The molecule has 0 aliphatic rings. The highest BCUT2D eigenvalue weighted by molar-refractivity contribution is 5.66. The van der Waals surface area contributed by atoms with Crippen molar-refractivity contribution in [2.24, 2.45) is 0 Å². The Morgan fingerprint density at radius 1 is 1.54 bits per heavy atom. The topological polar surface area (TPSA) is 61.0 Å². The maximum atomic E-state index is 5.19. The lowest BCUT2D eigenvalue weighted by atomic mass is 10.5. The van der Waals surface area contributed by atoms with Gasteiger partial charge in [-0.1, -0.05) is 6.92 Å². The Balaban J connectivity index is 2.28. The highest BCUT2D eigenvalue weighted by atomic mass is 16.6. The van der Waals surface area contributed by atoms with Crippen LogP contribution in [-0.2, 0) is 0 Å². The molecule has 0 atom stereocenters. The summed E-state index contributed by atoms with van der Waals surface area (Å²) in [5.41, 5.74) is 1.08. The summed E-state index contributed by atoms with van der Waals surface area (Å²) in [6.45, 7) is 2.61. The highest BCUT2D eigenvalue weighted by Crippen LogP contribution is 2.16. The standard InChI is InChI=1S/C8H9N3O2/c1-2-3-12-8-11-6-4-9-5-10-7(6)13-8/h4-5H,2-3H2,1H3. The van der Waals surface area contributed by atoms with Crippen LogP contribution in [0.5, 0.6) is 6.08 Å². The zero-order chi connectivity index (χ0) is 9.10. The summed E-state index contributed by atoms with van der Waals surface area (Å²) in [6, 6.07) is 0. The number of rotatable bonds is 3. The smallest absolute Gasteiger partial charge is 0.396 e. The third-order valence-electron chi connectivity index (χ3n) is 1.48. The van der Waals surface area contributed by atoms with Crippen molar-refractivity contribution >= 4 is 11.2 Å². The quantitative estimate of drug-likeness (QED) is 0.712. The van der Waals surface area contributed by atoms with E-state index in [0.29, 0.717) is 17.8 Å². The van der Waals surface area contributed by atoms with E-state index in [1.807, 2.05) is 6.92 Å². The fourth-order valence-corrected chi connectivity index (χ4v) is 0.921. The maximum absolute atomic E-state index is 5.19. The van der Waals surface area contributed by atoms with Crippen LogP contribution in [0.4, 0.5) is 0 Å². The Labute approximate surface area is 74.8 Å². The van der Waals surface area contributed by atoms with Gasteiger partial charge >= 0.3 is 6.08 Å². The van der Waals surface area contributed by atoms with Crippen LogP contribution in [-0.4, -0.2) is 21.6 Å². The van der Waals surface area contributed by atoms with Gasteiger partial charge < -0.3 is 9.15 Å². The van der Waals surface area contributed by atoms with Gasteiger partial charge in [-0.05, 0) is 6.42 Å². The second kappa shape index (κ2) is 3.38. The summed E-state index contributed by atoms with van der Waals surface area (Å²) in [4.78, 5) is 11.7. The van der Waals surface area contributed by atoms with Gasteiger partial charge in [0.1, 0.15) is 6.33 Å². The van der Waals surface area contributed by atoms with Crippen molar-refractivity contribution < 1.29 is 9.15 Å². The van der Waals surface area contributed by atoms with Gasteiger partial charge in [0.05, 0.1) is 12.8 Å². The van der Waals surface area contributed by atoms with Gasteiger partial charge in [-0.3, -0.25) is 0 Å². The van der Waals surface area contributed by atoms with E-state index in [4.69, 9.17) is 9.15 Å². The predicted molar refractivity (Wildman–Crippen MR) is 45.4 cm³/mol. The van der Waals surface area contributed by atoms with E-state index >= 15 is 0 Å². The van der Waals surface area contributed by atoms with Gasteiger partial charge in [-0.25, -0.2) is 4.98 Å². The Morgan fingerprint density at radius 2 is 2.46 bits per heavy atom. The van der Waals surface area contributed by atoms with E-state index in [1.54, 1.807) is 6.20 Å². The minimum absolute atomic E-state index is 0.261. The third-order valence-corrected chi connectivity index (χ3v) is 1.48. The summed E-state index contributed by atoms with van der Waals surface area (Å²) in [7, 11) is 0. The molecule has 5 nitrogen and oxygen atoms in total. The maximum Gasteiger partial charge on any atom is 0.396 e. The first-order chi connectivity index (χ1) is 6.40. The van der Waals surface area contributed by atoms with Gasteiger partial charge in [-0.15, -0.1) is 0 Å². The van der Waals surface area contributed by atoms with Gasteiger partial charge in [0.15, 0.2) is 5.52 Å². The van der Waals surface area contributed by atoms with Crippen molar-refractivity contribution in [2.75, 3.05) is 6.61 Å². The van der Waals surface area contributed by atoms with Gasteiger partial charge in [0.2, 0.25) is 0 Å². The molecule has 0 fully saturated rings. The monoisotopic (exact) mass is 179 g/mol. The van der Waals surface area contributed by atoms with Crippen molar-refractivity contribution in [2.45, 2.75) is 13.3 Å². The van der Waals surface area contributed by atoms with Crippen molar-refractivity contribution in [3.8, 4) is 6.08 Å². The van der Waals surface area contributed by atoms with Crippen LogP contribution in [0.15, 0.2) is 16.9 Å². The molecule has 0 unspecified atom stereocenters. The van der Waals surface area contributed by atoms with E-state index in [-0.39, 0.29) is 6.08 Å². The molecule has 2 aromatic rings. The first kappa shape index (κ1) is 7.97. The van der Waals surface area contributed by atoms with Crippen LogP contribution in [0, 0.1) is 0 Å². The Hall–Kier alpha value is -1.65. The van der Waals surface area contributed by atoms with Crippen LogP contribution >= 0.6 is 0 Å². The van der Waals surface area contributed by atoms with E-state index in [2.05, 4.69) is 15.0 Å². The zero-order valence-electron chi connectivity index (χ0n) is 7.23. The molecular weight excluding hydrogens is 170 g/mol. The number of nitrogens with zero attached hydrogens (tertiary/aromatic N) is 3. The van der Waals surface area contributed by atoms with Crippen LogP contribution in [0.25, 0.3) is 11.2 Å². The predicted octanol–water partition coefficient (Wildman–Crippen LogP) is 1.41. The average Bonchev–Trinajstić information content (AvgIpc) is 2.57. The van der Waals surface area contributed by atoms with Gasteiger partial charge in [0.25, 0.3) is 5.71 Å². The number of aromatic nitrogens is 3. The Bertz CT molecular complexity index is 366. The van der Waals surface area contributed by atoms with Crippen molar-refractivity contribution in [3.05, 3.63) is 12.5 Å².